The first kappa shape index (κ1) is 13.8. The van der Waals surface area contributed by atoms with E-state index in [0.29, 0.717) is 17.3 Å². The van der Waals surface area contributed by atoms with Crippen molar-refractivity contribution in [1.82, 2.24) is 9.97 Å². The van der Waals surface area contributed by atoms with Gasteiger partial charge in [0.1, 0.15) is 11.2 Å². The largest absolute Gasteiger partial charge is 0.436 e. The van der Waals surface area contributed by atoms with E-state index in [1.807, 2.05) is 18.2 Å². The van der Waals surface area contributed by atoms with Crippen LogP contribution < -0.4 is 10.5 Å². The second-order valence-corrected chi connectivity index (χ2v) is 6.17. The highest BCUT2D eigenvalue weighted by Crippen LogP contribution is 2.37. The van der Waals surface area contributed by atoms with Crippen LogP contribution in [0.5, 0.6) is 11.6 Å². The number of hydrogen-bond donors (Lipinski definition) is 1. The molecule has 0 amide bonds. The second kappa shape index (κ2) is 5.33. The maximum Gasteiger partial charge on any atom is 0.231 e. The minimum absolute atomic E-state index is 0.567. The molecule has 0 fully saturated rings. The van der Waals surface area contributed by atoms with Gasteiger partial charge in [-0.2, -0.15) is 0 Å². The minimum Gasteiger partial charge on any atom is -0.436 e. The van der Waals surface area contributed by atoms with Crippen molar-refractivity contribution in [2.75, 3.05) is 5.73 Å². The van der Waals surface area contributed by atoms with E-state index in [1.54, 1.807) is 11.3 Å². The quantitative estimate of drug-likeness (QED) is 0.735. The third-order valence-corrected chi connectivity index (χ3v) is 4.73. The molecule has 2 N–H and O–H groups in total. The normalized spacial score (nSPS) is 11.0. The molecule has 3 aromatic rings. The van der Waals surface area contributed by atoms with Crippen molar-refractivity contribution in [3.05, 3.63) is 40.5 Å². The molecule has 2 aromatic heterocycles. The van der Waals surface area contributed by atoms with Crippen LogP contribution >= 0.6 is 11.3 Å². The second-order valence-electron chi connectivity index (χ2n) is 4.97. The molecule has 108 valence electrons. The van der Waals surface area contributed by atoms with E-state index in [9.17, 15) is 0 Å². The van der Waals surface area contributed by atoms with Gasteiger partial charge in [-0.1, -0.05) is 13.0 Å². The average molecular weight is 299 g/mol. The Kier molecular flexibility index (Phi) is 3.51. The lowest BCUT2D eigenvalue weighted by Crippen LogP contribution is -1.96. The lowest BCUT2D eigenvalue weighted by atomic mass is 10.1. The van der Waals surface area contributed by atoms with E-state index in [0.717, 1.165) is 22.2 Å². The third kappa shape index (κ3) is 2.45. The molecule has 3 rings (SSSR count). The number of aromatic nitrogens is 2. The fourth-order valence-electron chi connectivity index (χ4n) is 2.24. The standard InChI is InChI=1S/C16H17N3OS/c1-4-11-5-6-13(12(17)7-11)20-15-14-9(2)10(3)21-16(14)19-8-18-15/h5-8H,4,17H2,1-3H3. The Hall–Kier alpha value is -2.14. The predicted molar refractivity (Wildman–Crippen MR) is 87.2 cm³/mol. The van der Waals surface area contributed by atoms with E-state index in [1.165, 1.54) is 16.8 Å². The van der Waals surface area contributed by atoms with Crippen LogP contribution in [-0.2, 0) is 6.42 Å². The summed E-state index contributed by atoms with van der Waals surface area (Å²) >= 11 is 1.65. The van der Waals surface area contributed by atoms with Crippen molar-refractivity contribution in [1.29, 1.82) is 0 Å². The van der Waals surface area contributed by atoms with E-state index < -0.39 is 0 Å². The van der Waals surface area contributed by atoms with Gasteiger partial charge in [0.2, 0.25) is 5.88 Å². The lowest BCUT2D eigenvalue weighted by Gasteiger charge is -2.10. The molecular weight excluding hydrogens is 282 g/mol. The summed E-state index contributed by atoms with van der Waals surface area (Å²) in [5.74, 6) is 1.20. The number of nitrogen functional groups attached to an aromatic ring is 1. The average Bonchev–Trinajstić information content (AvgIpc) is 2.77. The molecule has 2 heterocycles. The summed E-state index contributed by atoms with van der Waals surface area (Å²) in [5, 5.41) is 0.971. The zero-order valence-corrected chi connectivity index (χ0v) is 13.1. The van der Waals surface area contributed by atoms with Gasteiger partial charge in [0, 0.05) is 4.88 Å². The molecule has 0 saturated heterocycles. The van der Waals surface area contributed by atoms with Crippen LogP contribution in [0.4, 0.5) is 5.69 Å². The van der Waals surface area contributed by atoms with Crippen LogP contribution in [0.2, 0.25) is 0 Å². The van der Waals surface area contributed by atoms with E-state index >= 15 is 0 Å². The molecule has 0 atom stereocenters. The lowest BCUT2D eigenvalue weighted by molar-refractivity contribution is 0.470. The molecule has 0 aliphatic rings. The Morgan fingerprint density at radius 1 is 1.24 bits per heavy atom. The van der Waals surface area contributed by atoms with Gasteiger partial charge in [-0.15, -0.1) is 11.3 Å². The Labute approximate surface area is 127 Å². The number of nitrogens with two attached hydrogens (primary N) is 1. The smallest absolute Gasteiger partial charge is 0.231 e. The fourth-order valence-corrected chi connectivity index (χ4v) is 3.23. The fraction of sp³-hybridized carbons (Fsp3) is 0.250. The number of rotatable bonds is 3. The summed E-state index contributed by atoms with van der Waals surface area (Å²) in [4.78, 5) is 10.8. The summed E-state index contributed by atoms with van der Waals surface area (Å²) in [6, 6.07) is 5.87. The Morgan fingerprint density at radius 3 is 2.76 bits per heavy atom. The summed E-state index contributed by atoms with van der Waals surface area (Å²) in [6.45, 7) is 6.24. The first-order valence-electron chi connectivity index (χ1n) is 6.87. The van der Waals surface area contributed by atoms with Crippen molar-refractivity contribution in [3.63, 3.8) is 0 Å². The van der Waals surface area contributed by atoms with E-state index in [4.69, 9.17) is 10.5 Å². The maximum absolute atomic E-state index is 6.07. The van der Waals surface area contributed by atoms with Crippen LogP contribution in [0.25, 0.3) is 10.2 Å². The SMILES string of the molecule is CCc1ccc(Oc2ncnc3sc(C)c(C)c23)c(N)c1. The topological polar surface area (TPSA) is 61.0 Å². The van der Waals surface area contributed by atoms with Gasteiger partial charge < -0.3 is 10.5 Å². The Balaban J connectivity index is 2.06. The van der Waals surface area contributed by atoms with Gasteiger partial charge in [-0.05, 0) is 43.5 Å². The molecule has 21 heavy (non-hydrogen) atoms. The number of fused-ring (bicyclic) bond motifs is 1. The van der Waals surface area contributed by atoms with E-state index in [-0.39, 0.29) is 0 Å². The number of hydrogen-bond acceptors (Lipinski definition) is 5. The molecular formula is C16H17N3OS. The number of aryl methyl sites for hydroxylation is 3. The van der Waals surface area contributed by atoms with Crippen LogP contribution in [0, 0.1) is 13.8 Å². The number of thiophene rings is 1. The van der Waals surface area contributed by atoms with Gasteiger partial charge in [-0.3, -0.25) is 0 Å². The molecule has 0 aliphatic carbocycles. The molecule has 0 saturated carbocycles. The maximum atomic E-state index is 6.07. The summed E-state index contributed by atoms with van der Waals surface area (Å²) in [5.41, 5.74) is 9.05. The Morgan fingerprint density at radius 2 is 2.05 bits per heavy atom. The molecule has 5 heteroatoms. The van der Waals surface area contributed by atoms with E-state index in [2.05, 4.69) is 30.7 Å². The van der Waals surface area contributed by atoms with Crippen molar-refractivity contribution in [2.45, 2.75) is 27.2 Å². The molecule has 0 spiro atoms. The van der Waals surface area contributed by atoms with Gasteiger partial charge in [0.25, 0.3) is 0 Å². The minimum atomic E-state index is 0.567. The number of anilines is 1. The summed E-state index contributed by atoms with van der Waals surface area (Å²) < 4.78 is 5.95. The van der Waals surface area contributed by atoms with Crippen molar-refractivity contribution in [3.8, 4) is 11.6 Å². The molecule has 0 radical (unpaired) electrons. The first-order chi connectivity index (χ1) is 10.1. The highest BCUT2D eigenvalue weighted by atomic mass is 32.1. The van der Waals surface area contributed by atoms with Gasteiger partial charge >= 0.3 is 0 Å². The van der Waals surface area contributed by atoms with Crippen LogP contribution in [0.15, 0.2) is 24.5 Å². The monoisotopic (exact) mass is 299 g/mol. The van der Waals surface area contributed by atoms with Crippen LogP contribution in [0.1, 0.15) is 22.9 Å². The highest BCUT2D eigenvalue weighted by molar-refractivity contribution is 7.18. The molecule has 4 nitrogen and oxygen atoms in total. The summed E-state index contributed by atoms with van der Waals surface area (Å²) in [7, 11) is 0. The van der Waals surface area contributed by atoms with Crippen molar-refractivity contribution >= 4 is 27.2 Å². The number of benzene rings is 1. The number of nitrogens with zero attached hydrogens (tertiary/aromatic N) is 2. The predicted octanol–water partition coefficient (Wildman–Crippen LogP) is 4.25. The van der Waals surface area contributed by atoms with Crippen molar-refractivity contribution < 1.29 is 4.74 Å². The molecule has 0 unspecified atom stereocenters. The highest BCUT2D eigenvalue weighted by Gasteiger charge is 2.14. The zero-order valence-electron chi connectivity index (χ0n) is 12.3. The third-order valence-electron chi connectivity index (χ3n) is 3.62. The van der Waals surface area contributed by atoms with Crippen molar-refractivity contribution in [2.24, 2.45) is 0 Å². The summed E-state index contributed by atoms with van der Waals surface area (Å²) in [6.07, 6.45) is 2.48. The van der Waals surface area contributed by atoms with Crippen LogP contribution in [0.3, 0.4) is 0 Å². The van der Waals surface area contributed by atoms with Gasteiger partial charge in [0.05, 0.1) is 11.1 Å². The number of ether oxygens (including phenoxy) is 1. The van der Waals surface area contributed by atoms with Gasteiger partial charge in [-0.25, -0.2) is 9.97 Å². The Bertz CT molecular complexity index is 811. The van der Waals surface area contributed by atoms with Gasteiger partial charge in [0.15, 0.2) is 5.75 Å². The van der Waals surface area contributed by atoms with Crippen LogP contribution in [-0.4, -0.2) is 9.97 Å². The molecule has 0 bridgehead atoms. The zero-order chi connectivity index (χ0) is 15.0. The molecule has 1 aromatic carbocycles. The first-order valence-corrected chi connectivity index (χ1v) is 7.68. The molecule has 0 aliphatic heterocycles.